The number of ether oxygens (including phenoxy) is 4. The molecule has 2 aromatic carbocycles. The van der Waals surface area contributed by atoms with E-state index >= 15 is 0 Å². The Balaban J connectivity index is 0.000000221. The van der Waals surface area contributed by atoms with Crippen molar-refractivity contribution in [3.8, 4) is 57.1 Å². The third-order valence-electron chi connectivity index (χ3n) is 12.7. The van der Waals surface area contributed by atoms with Crippen molar-refractivity contribution in [3.63, 3.8) is 0 Å². The molecule has 0 N–H and O–H groups in total. The lowest BCUT2D eigenvalue weighted by Crippen LogP contribution is -2.27. The molecular formula is C52H58Br2N12O8S2. The molecule has 24 heteroatoms. The Bertz CT molecular complexity index is 3530. The maximum absolute atomic E-state index is 13.8. The van der Waals surface area contributed by atoms with Crippen molar-refractivity contribution >= 4 is 51.5 Å². The van der Waals surface area contributed by atoms with Gasteiger partial charge in [-0.3, -0.25) is 19.1 Å². The lowest BCUT2D eigenvalue weighted by Gasteiger charge is -2.21. The highest BCUT2D eigenvalue weighted by atomic mass is 79.9. The highest BCUT2D eigenvalue weighted by Crippen LogP contribution is 2.46. The predicted molar refractivity (Wildman–Crippen MR) is 295 cm³/mol. The Kier molecular flexibility index (Phi) is 18.0. The largest absolute Gasteiger partial charge is 0.494 e. The van der Waals surface area contributed by atoms with E-state index < -0.39 is 47.8 Å². The van der Waals surface area contributed by atoms with Gasteiger partial charge in [-0.2, -0.15) is 0 Å². The number of benzene rings is 2. The van der Waals surface area contributed by atoms with E-state index in [2.05, 4.69) is 82.2 Å². The lowest BCUT2D eigenvalue weighted by atomic mass is 10.1. The number of hydrogen-bond acceptors (Lipinski definition) is 18. The minimum Gasteiger partial charge on any atom is -0.494 e. The number of pyridine rings is 2. The molecule has 0 unspecified atom stereocenters. The summed E-state index contributed by atoms with van der Waals surface area (Å²) in [6, 6.07) is 10.9. The molecule has 0 saturated carbocycles. The molecule has 0 fully saturated rings. The van der Waals surface area contributed by atoms with E-state index in [0.29, 0.717) is 77.7 Å². The Hall–Kier alpha value is -6.76. The molecule has 0 aliphatic rings. The molecule has 0 bridgehead atoms. The van der Waals surface area contributed by atoms with Crippen LogP contribution >= 0.6 is 31.9 Å². The summed E-state index contributed by atoms with van der Waals surface area (Å²) in [4.78, 5) is 25.9. The molecule has 0 spiro atoms. The molecule has 0 aliphatic heterocycles. The molecule has 0 aliphatic carbocycles. The van der Waals surface area contributed by atoms with Crippen LogP contribution in [0.5, 0.6) is 23.0 Å². The van der Waals surface area contributed by atoms with Crippen LogP contribution in [0, 0.1) is 27.7 Å². The van der Waals surface area contributed by atoms with Gasteiger partial charge in [-0.25, -0.2) is 36.8 Å². The molecular weight excluding hydrogens is 1140 g/mol. The molecule has 8 aromatic rings. The zero-order valence-corrected chi connectivity index (χ0v) is 48.8. The van der Waals surface area contributed by atoms with E-state index in [1.165, 1.54) is 28.4 Å². The highest BCUT2D eigenvalue weighted by Gasteiger charge is 2.35. The van der Waals surface area contributed by atoms with Gasteiger partial charge in [0.2, 0.25) is 0 Å². The van der Waals surface area contributed by atoms with E-state index in [-0.39, 0.29) is 17.4 Å². The second kappa shape index (κ2) is 24.1. The van der Waals surface area contributed by atoms with E-state index in [9.17, 15) is 16.8 Å². The first-order valence-corrected chi connectivity index (χ1v) is 28.7. The van der Waals surface area contributed by atoms with Gasteiger partial charge in [0.15, 0.2) is 54.5 Å². The van der Waals surface area contributed by atoms with Gasteiger partial charge in [-0.1, -0.05) is 19.9 Å². The number of aromatic nitrogens is 12. The number of halogens is 2. The number of rotatable bonds is 18. The summed E-state index contributed by atoms with van der Waals surface area (Å²) in [7, 11) is -1.35. The molecule has 20 nitrogen and oxygen atoms in total. The Morgan fingerprint density at radius 3 is 1.24 bits per heavy atom. The smallest absolute Gasteiger partial charge is 0.170 e. The summed E-state index contributed by atoms with van der Waals surface area (Å²) in [5.74, 6) is 2.33. The maximum Gasteiger partial charge on any atom is 0.170 e. The van der Waals surface area contributed by atoms with Gasteiger partial charge in [0.05, 0.1) is 47.9 Å². The standard InChI is InChI=1S/C26H28Br2N6O4S.C26H30N6O4S/c1-14-7-18(12-29-9-14)26-33-32-21(34(26)22-23(37-5)19(27)8-20(28)24(22)38-6)13-39(35,36)17(4)16(3)25-30-10-15(2)11-31-25;1-16-10-20(14-27-11-16)26-31-30-23(32(26)24-21(35-5)8-7-9-22(24)36-6)15-37(33,34)19(4)18(3)25-28-12-17(2)13-29-25/h7-12,16-17H,13H2,1-6H3;7-14,18-19H,15H2,1-6H3/t16-,17-;18-,19-/m00/s1. The first-order valence-electron chi connectivity index (χ1n) is 23.7. The third-order valence-corrected chi connectivity index (χ3v) is 18.3. The summed E-state index contributed by atoms with van der Waals surface area (Å²) in [6.07, 6.45) is 13.5. The average molecular weight is 1200 g/mol. The molecule has 6 heterocycles. The van der Waals surface area contributed by atoms with Crippen molar-refractivity contribution in [2.75, 3.05) is 28.4 Å². The topological polar surface area (TPSA) is 244 Å². The number of aryl methyl sites for hydroxylation is 4. The number of sulfone groups is 2. The zero-order chi connectivity index (χ0) is 55.2. The zero-order valence-electron chi connectivity index (χ0n) is 44.0. The van der Waals surface area contributed by atoms with Crippen molar-refractivity contribution < 1.29 is 35.8 Å². The van der Waals surface area contributed by atoms with Gasteiger partial charge in [0.25, 0.3) is 0 Å². The van der Waals surface area contributed by atoms with Crippen LogP contribution < -0.4 is 18.9 Å². The van der Waals surface area contributed by atoms with Crippen LogP contribution in [0.2, 0.25) is 0 Å². The number of hydrogen-bond donors (Lipinski definition) is 0. The van der Waals surface area contributed by atoms with E-state index in [1.807, 2.05) is 46.8 Å². The first-order chi connectivity index (χ1) is 36.1. The molecule has 6 aromatic heterocycles. The molecule has 4 atom stereocenters. The van der Waals surface area contributed by atoms with Crippen molar-refractivity contribution in [3.05, 3.63) is 140 Å². The molecule has 0 radical (unpaired) electrons. The SMILES string of the molecule is COc1c(Br)cc(Br)c(OC)c1-n1c(CS(=O)(=O)[C@@H](C)[C@H](C)c2ncc(C)cn2)nnc1-c1cncc(C)c1.COc1cccc(OC)c1-n1c(CS(=O)(=O)[C@@H](C)[C@H](C)c2ncc(C)cn2)nnc1-c1cncc(C)c1. The van der Waals surface area contributed by atoms with Gasteiger partial charge in [0, 0.05) is 72.5 Å². The van der Waals surface area contributed by atoms with Crippen LogP contribution in [0.15, 0.2) is 94.9 Å². The van der Waals surface area contributed by atoms with Crippen LogP contribution in [0.3, 0.4) is 0 Å². The minimum absolute atomic E-state index is 0.192. The quantitative estimate of drug-likeness (QED) is 0.0777. The average Bonchev–Trinajstić information content (AvgIpc) is 4.00. The van der Waals surface area contributed by atoms with Crippen LogP contribution in [-0.4, -0.2) is 115 Å². The number of para-hydroxylation sites is 1. The highest BCUT2D eigenvalue weighted by molar-refractivity contribution is 9.11. The van der Waals surface area contributed by atoms with E-state index in [1.54, 1.807) is 104 Å². The summed E-state index contributed by atoms with van der Waals surface area (Å²) in [6.45, 7) is 14.5. The molecule has 400 valence electrons. The maximum atomic E-state index is 13.8. The molecule has 8 rings (SSSR count). The Labute approximate surface area is 459 Å². The third kappa shape index (κ3) is 12.2. The summed E-state index contributed by atoms with van der Waals surface area (Å²) in [5.41, 5.74) is 5.91. The minimum atomic E-state index is -3.76. The van der Waals surface area contributed by atoms with Crippen LogP contribution in [0.1, 0.15) is 85.1 Å². The molecule has 76 heavy (non-hydrogen) atoms. The number of nitrogens with zero attached hydrogens (tertiary/aromatic N) is 12. The van der Waals surface area contributed by atoms with Gasteiger partial charge in [0.1, 0.15) is 46.0 Å². The fourth-order valence-corrected chi connectivity index (χ4v) is 12.7. The van der Waals surface area contributed by atoms with Gasteiger partial charge < -0.3 is 18.9 Å². The van der Waals surface area contributed by atoms with Crippen LogP contribution in [0.4, 0.5) is 0 Å². The van der Waals surface area contributed by atoms with Gasteiger partial charge in [-0.15, -0.1) is 20.4 Å². The van der Waals surface area contributed by atoms with Crippen molar-refractivity contribution in [2.24, 2.45) is 0 Å². The second-order valence-corrected chi connectivity index (χ2v) is 24.6. The van der Waals surface area contributed by atoms with Crippen LogP contribution in [-0.2, 0) is 31.2 Å². The van der Waals surface area contributed by atoms with Crippen molar-refractivity contribution in [1.29, 1.82) is 0 Å². The second-order valence-electron chi connectivity index (χ2n) is 18.2. The first kappa shape index (κ1) is 57.0. The fourth-order valence-electron chi connectivity index (χ4n) is 8.17. The van der Waals surface area contributed by atoms with Gasteiger partial charge in [-0.05, 0) is 126 Å². The summed E-state index contributed by atoms with van der Waals surface area (Å²) in [5, 5.41) is 15.9. The summed E-state index contributed by atoms with van der Waals surface area (Å²) >= 11 is 7.10. The Morgan fingerprint density at radius 2 is 0.882 bits per heavy atom. The van der Waals surface area contributed by atoms with Crippen molar-refractivity contribution in [2.45, 2.75) is 89.2 Å². The van der Waals surface area contributed by atoms with E-state index in [4.69, 9.17) is 18.9 Å². The predicted octanol–water partition coefficient (Wildman–Crippen LogP) is 9.25. The van der Waals surface area contributed by atoms with Gasteiger partial charge >= 0.3 is 0 Å². The lowest BCUT2D eigenvalue weighted by molar-refractivity contribution is 0.387. The Morgan fingerprint density at radius 1 is 0.500 bits per heavy atom. The number of methoxy groups -OCH3 is 4. The van der Waals surface area contributed by atoms with Crippen molar-refractivity contribution in [1.82, 2.24) is 59.4 Å². The molecule has 0 amide bonds. The fraction of sp³-hybridized carbons (Fsp3) is 0.346. The molecule has 0 saturated heterocycles. The normalized spacial score (nSPS) is 13.2. The van der Waals surface area contributed by atoms with E-state index in [0.717, 1.165) is 22.3 Å². The summed E-state index contributed by atoms with van der Waals surface area (Å²) < 4.78 is 82.2. The van der Waals surface area contributed by atoms with Crippen LogP contribution in [0.25, 0.3) is 34.2 Å². The monoisotopic (exact) mass is 1200 g/mol.